The number of nitrogens with one attached hydrogen (secondary N) is 1. The third-order valence-corrected chi connectivity index (χ3v) is 5.06. The van der Waals surface area contributed by atoms with Crippen molar-refractivity contribution in [2.24, 2.45) is 5.92 Å². The van der Waals surface area contributed by atoms with Gasteiger partial charge in [0.15, 0.2) is 0 Å². The highest BCUT2D eigenvalue weighted by Gasteiger charge is 2.24. The molecule has 0 radical (unpaired) electrons. The number of rotatable bonds is 5. The molecule has 0 amide bonds. The van der Waals surface area contributed by atoms with Crippen LogP contribution in [0.3, 0.4) is 0 Å². The molecule has 2 heteroatoms. The van der Waals surface area contributed by atoms with Gasteiger partial charge in [-0.05, 0) is 55.8 Å². The van der Waals surface area contributed by atoms with Crippen LogP contribution in [0.5, 0.6) is 0 Å². The summed E-state index contributed by atoms with van der Waals surface area (Å²) in [5.41, 5.74) is 4.50. The molecule has 1 aromatic carbocycles. The fourth-order valence-electron chi connectivity index (χ4n) is 3.88. The van der Waals surface area contributed by atoms with Crippen molar-refractivity contribution >= 4 is 5.69 Å². The largest absolute Gasteiger partial charge is 0.371 e. The second kappa shape index (κ2) is 6.17. The van der Waals surface area contributed by atoms with Gasteiger partial charge in [-0.15, -0.1) is 0 Å². The molecule has 0 saturated heterocycles. The summed E-state index contributed by atoms with van der Waals surface area (Å²) in [6.07, 6.45) is 7.02. The molecule has 1 saturated carbocycles. The highest BCUT2D eigenvalue weighted by atomic mass is 15.1. The van der Waals surface area contributed by atoms with Gasteiger partial charge in [-0.25, -0.2) is 0 Å². The van der Waals surface area contributed by atoms with Gasteiger partial charge < -0.3 is 10.2 Å². The van der Waals surface area contributed by atoms with Gasteiger partial charge in [-0.3, -0.25) is 0 Å². The first-order valence-corrected chi connectivity index (χ1v) is 8.39. The van der Waals surface area contributed by atoms with Crippen molar-refractivity contribution in [2.45, 2.75) is 52.0 Å². The van der Waals surface area contributed by atoms with Crippen molar-refractivity contribution in [3.05, 3.63) is 29.3 Å². The lowest BCUT2D eigenvalue weighted by Gasteiger charge is -2.23. The third-order valence-electron chi connectivity index (χ3n) is 5.06. The minimum Gasteiger partial charge on any atom is -0.371 e. The van der Waals surface area contributed by atoms with Crippen LogP contribution in [0.4, 0.5) is 5.69 Å². The predicted molar refractivity (Wildman–Crippen MR) is 86.4 cm³/mol. The van der Waals surface area contributed by atoms with Crippen LogP contribution in [0.1, 0.15) is 56.7 Å². The smallest absolute Gasteiger partial charge is 0.0399 e. The second-order valence-electron chi connectivity index (χ2n) is 6.51. The van der Waals surface area contributed by atoms with Crippen LogP contribution in [0.15, 0.2) is 18.2 Å². The van der Waals surface area contributed by atoms with Crippen LogP contribution in [0.25, 0.3) is 0 Å². The summed E-state index contributed by atoms with van der Waals surface area (Å²) in [7, 11) is 0. The highest BCUT2D eigenvalue weighted by Crippen LogP contribution is 2.33. The molecule has 1 heterocycles. The van der Waals surface area contributed by atoms with Gasteiger partial charge in [0.25, 0.3) is 0 Å². The summed E-state index contributed by atoms with van der Waals surface area (Å²) in [6, 6.07) is 7.57. The van der Waals surface area contributed by atoms with Gasteiger partial charge >= 0.3 is 0 Å². The number of anilines is 1. The highest BCUT2D eigenvalue weighted by molar-refractivity contribution is 5.59. The van der Waals surface area contributed by atoms with Crippen molar-refractivity contribution in [3.63, 3.8) is 0 Å². The summed E-state index contributed by atoms with van der Waals surface area (Å²) in [5.74, 6) is 0.946. The first kappa shape index (κ1) is 13.9. The minimum atomic E-state index is 0.467. The van der Waals surface area contributed by atoms with E-state index in [0.29, 0.717) is 6.04 Å². The van der Waals surface area contributed by atoms with E-state index in [2.05, 4.69) is 42.3 Å². The number of fused-ring (bicyclic) bond motifs is 1. The lowest BCUT2D eigenvalue weighted by Crippen LogP contribution is -2.26. The number of hydrogen-bond acceptors (Lipinski definition) is 2. The topological polar surface area (TPSA) is 15.3 Å². The molecule has 1 aliphatic heterocycles. The average molecular weight is 272 g/mol. The molecule has 0 bridgehead atoms. The van der Waals surface area contributed by atoms with E-state index < -0.39 is 0 Å². The summed E-state index contributed by atoms with van der Waals surface area (Å²) >= 11 is 0. The van der Waals surface area contributed by atoms with E-state index >= 15 is 0 Å². The number of benzene rings is 1. The maximum Gasteiger partial charge on any atom is 0.0399 e. The zero-order valence-electron chi connectivity index (χ0n) is 13.0. The van der Waals surface area contributed by atoms with Crippen molar-refractivity contribution in [3.8, 4) is 0 Å². The lowest BCUT2D eigenvalue weighted by atomic mass is 10.0. The molecular weight excluding hydrogens is 244 g/mol. The summed E-state index contributed by atoms with van der Waals surface area (Å²) in [4.78, 5) is 2.63. The van der Waals surface area contributed by atoms with Crippen molar-refractivity contribution in [1.82, 2.24) is 5.32 Å². The summed E-state index contributed by atoms with van der Waals surface area (Å²) < 4.78 is 0. The Bertz CT molecular complexity index is 449. The Morgan fingerprint density at radius 2 is 2.10 bits per heavy atom. The maximum atomic E-state index is 3.51. The molecule has 20 heavy (non-hydrogen) atoms. The fraction of sp³-hybridized carbons (Fsp3) is 0.667. The first-order valence-electron chi connectivity index (χ1n) is 8.39. The van der Waals surface area contributed by atoms with Gasteiger partial charge in [-0.1, -0.05) is 31.9 Å². The Balaban J connectivity index is 1.70. The van der Waals surface area contributed by atoms with Crippen LogP contribution in [-0.4, -0.2) is 19.6 Å². The fourth-order valence-corrected chi connectivity index (χ4v) is 3.88. The Morgan fingerprint density at radius 3 is 2.85 bits per heavy atom. The van der Waals surface area contributed by atoms with Crippen molar-refractivity contribution in [1.29, 1.82) is 0 Å². The molecule has 1 aromatic rings. The number of nitrogens with zero attached hydrogens (tertiary/aromatic N) is 1. The molecule has 110 valence electrons. The molecule has 1 aliphatic carbocycles. The minimum absolute atomic E-state index is 0.467. The lowest BCUT2D eigenvalue weighted by molar-refractivity contribution is 0.538. The maximum absolute atomic E-state index is 3.51. The third kappa shape index (κ3) is 2.85. The van der Waals surface area contributed by atoms with Crippen LogP contribution < -0.4 is 10.2 Å². The van der Waals surface area contributed by atoms with Crippen molar-refractivity contribution < 1.29 is 0 Å². The zero-order valence-corrected chi connectivity index (χ0v) is 13.0. The van der Waals surface area contributed by atoms with E-state index in [1.807, 2.05) is 0 Å². The zero-order chi connectivity index (χ0) is 13.9. The van der Waals surface area contributed by atoms with Crippen molar-refractivity contribution in [2.75, 3.05) is 24.5 Å². The Labute approximate surface area is 123 Å². The van der Waals surface area contributed by atoms with Gasteiger partial charge in [0, 0.05) is 24.8 Å². The molecule has 1 atom stereocenters. The molecule has 0 aromatic heterocycles. The standard InChI is InChI=1S/C18H28N2/c1-3-19-14(2)16-8-9-18-17(12-16)10-11-20(18)13-15-6-4-5-7-15/h8-9,12,14-15,19H,3-7,10-11,13H2,1-2H3. The van der Waals surface area contributed by atoms with E-state index in [1.165, 1.54) is 56.4 Å². The van der Waals surface area contributed by atoms with Gasteiger partial charge in [0.1, 0.15) is 0 Å². The summed E-state index contributed by atoms with van der Waals surface area (Å²) in [5, 5.41) is 3.51. The monoisotopic (exact) mass is 272 g/mol. The van der Waals surface area contributed by atoms with E-state index in [-0.39, 0.29) is 0 Å². The molecule has 3 rings (SSSR count). The van der Waals surface area contributed by atoms with Gasteiger partial charge in [0.2, 0.25) is 0 Å². The molecule has 2 aliphatic rings. The van der Waals surface area contributed by atoms with Gasteiger partial charge in [-0.2, -0.15) is 0 Å². The van der Waals surface area contributed by atoms with Crippen LogP contribution >= 0.6 is 0 Å². The molecular formula is C18H28N2. The molecule has 1 unspecified atom stereocenters. The quantitative estimate of drug-likeness (QED) is 0.874. The molecule has 0 spiro atoms. The van der Waals surface area contributed by atoms with Crippen LogP contribution in [0, 0.1) is 5.92 Å². The Morgan fingerprint density at radius 1 is 1.30 bits per heavy atom. The average Bonchev–Trinajstić information content (AvgIpc) is 3.09. The molecule has 2 nitrogen and oxygen atoms in total. The first-order chi connectivity index (χ1) is 9.78. The van der Waals surface area contributed by atoms with E-state index in [4.69, 9.17) is 0 Å². The SMILES string of the molecule is CCNC(C)c1ccc2c(c1)CCN2CC1CCCC1. The summed E-state index contributed by atoms with van der Waals surface area (Å²) in [6.45, 7) is 7.98. The van der Waals surface area contributed by atoms with Gasteiger partial charge in [0.05, 0.1) is 0 Å². The number of hydrogen-bond donors (Lipinski definition) is 1. The normalized spacial score (nSPS) is 20.4. The molecule has 1 N–H and O–H groups in total. The Hall–Kier alpha value is -1.02. The van der Waals surface area contributed by atoms with E-state index in [9.17, 15) is 0 Å². The molecule has 1 fully saturated rings. The predicted octanol–water partition coefficient (Wildman–Crippen LogP) is 3.91. The second-order valence-corrected chi connectivity index (χ2v) is 6.51. The van der Waals surface area contributed by atoms with Crippen LogP contribution in [-0.2, 0) is 6.42 Å². The van der Waals surface area contributed by atoms with Crippen LogP contribution in [0.2, 0.25) is 0 Å². The van der Waals surface area contributed by atoms with E-state index in [1.54, 1.807) is 5.56 Å². The van der Waals surface area contributed by atoms with E-state index in [0.717, 1.165) is 12.5 Å². The Kier molecular flexibility index (Phi) is 4.30.